The minimum absolute atomic E-state index is 0.458. The minimum atomic E-state index is -0.458. The van der Waals surface area contributed by atoms with Crippen LogP contribution < -0.4 is 10.6 Å². The van der Waals surface area contributed by atoms with Crippen LogP contribution in [0.5, 0.6) is 0 Å². The molecule has 0 radical (unpaired) electrons. The van der Waals surface area contributed by atoms with Crippen LogP contribution in [0.1, 0.15) is 38.2 Å². The Hall–Kier alpha value is -2.24. The van der Waals surface area contributed by atoms with Crippen LogP contribution in [-0.2, 0) is 11.3 Å². The average Bonchev–Trinajstić information content (AvgIpc) is 3.10. The van der Waals surface area contributed by atoms with E-state index < -0.39 is 6.09 Å². The molecule has 1 amide bonds. The Morgan fingerprint density at radius 3 is 2.42 bits per heavy atom. The number of guanidine groups is 1. The lowest BCUT2D eigenvalue weighted by Crippen LogP contribution is -2.40. The lowest BCUT2D eigenvalue weighted by molar-refractivity contribution is 0.187. The van der Waals surface area contributed by atoms with Gasteiger partial charge >= 0.3 is 6.09 Å². The van der Waals surface area contributed by atoms with Crippen molar-refractivity contribution in [2.24, 2.45) is 16.8 Å². The number of carbonyl (C=O) groups excluding carboxylic acids is 1. The third-order valence-corrected chi connectivity index (χ3v) is 5.41. The lowest BCUT2D eigenvalue weighted by atomic mass is 9.82. The fraction of sp³-hybridized carbons (Fsp3) is 0.600. The smallest absolute Gasteiger partial charge is 0.411 e. The number of hydrogen-bond donors (Lipinski definition) is 2. The molecule has 1 aromatic rings. The monoisotopic (exact) mass is 358 g/mol. The predicted octanol–water partition coefficient (Wildman–Crippen LogP) is 3.45. The highest BCUT2D eigenvalue weighted by Gasteiger charge is 2.35. The van der Waals surface area contributed by atoms with E-state index in [1.165, 1.54) is 32.8 Å². The van der Waals surface area contributed by atoms with Gasteiger partial charge < -0.3 is 15.0 Å². The standard InChI is InChI=1S/C20H30N4O2/c1-3-21-19(24-13-16-6-4-5-7-17(16)14-24)22-12-15-8-10-18(11-9-15)23-20(25)26-2/h8-11,16-17H,3-7,12-14H2,1-2H3,(H,21,22)(H,23,25). The zero-order valence-corrected chi connectivity index (χ0v) is 15.8. The maximum absolute atomic E-state index is 11.2. The number of benzene rings is 1. The summed E-state index contributed by atoms with van der Waals surface area (Å²) in [6, 6.07) is 7.72. The fourth-order valence-corrected chi connectivity index (χ4v) is 4.03. The van der Waals surface area contributed by atoms with Gasteiger partial charge in [-0.3, -0.25) is 5.32 Å². The van der Waals surface area contributed by atoms with Crippen molar-refractivity contribution in [3.8, 4) is 0 Å². The number of methoxy groups -OCH3 is 1. The number of nitrogens with zero attached hydrogens (tertiary/aromatic N) is 2. The Bertz CT molecular complexity index is 615. The Kier molecular flexibility index (Phi) is 6.36. The first-order valence-corrected chi connectivity index (χ1v) is 9.66. The van der Waals surface area contributed by atoms with Gasteiger partial charge in [-0.1, -0.05) is 25.0 Å². The number of aliphatic imine (C=N–C) groups is 1. The Labute approximate surface area is 156 Å². The average molecular weight is 358 g/mol. The van der Waals surface area contributed by atoms with E-state index >= 15 is 0 Å². The summed E-state index contributed by atoms with van der Waals surface area (Å²) >= 11 is 0. The molecule has 1 aromatic carbocycles. The van der Waals surface area contributed by atoms with Gasteiger partial charge in [0.25, 0.3) is 0 Å². The first kappa shape index (κ1) is 18.5. The molecule has 1 aliphatic carbocycles. The Morgan fingerprint density at radius 1 is 1.19 bits per heavy atom. The van der Waals surface area contributed by atoms with E-state index in [0.717, 1.165) is 48.7 Å². The van der Waals surface area contributed by atoms with Crippen LogP contribution in [0.15, 0.2) is 29.3 Å². The largest absolute Gasteiger partial charge is 0.453 e. The highest BCUT2D eigenvalue weighted by Crippen LogP contribution is 2.36. The Morgan fingerprint density at radius 2 is 1.85 bits per heavy atom. The van der Waals surface area contributed by atoms with Crippen molar-refractivity contribution >= 4 is 17.7 Å². The summed E-state index contributed by atoms with van der Waals surface area (Å²) in [7, 11) is 1.36. The molecular weight excluding hydrogens is 328 g/mol. The molecule has 2 N–H and O–H groups in total. The fourth-order valence-electron chi connectivity index (χ4n) is 4.03. The normalized spacial score (nSPS) is 22.7. The molecule has 26 heavy (non-hydrogen) atoms. The van der Waals surface area contributed by atoms with E-state index in [4.69, 9.17) is 4.99 Å². The maximum atomic E-state index is 11.2. The van der Waals surface area contributed by atoms with Crippen LogP contribution >= 0.6 is 0 Å². The molecule has 0 spiro atoms. The van der Waals surface area contributed by atoms with Gasteiger partial charge in [0.1, 0.15) is 0 Å². The number of hydrogen-bond acceptors (Lipinski definition) is 3. The zero-order valence-electron chi connectivity index (χ0n) is 15.8. The van der Waals surface area contributed by atoms with Crippen LogP contribution in [0.3, 0.4) is 0 Å². The summed E-state index contributed by atoms with van der Waals surface area (Å²) < 4.78 is 4.60. The maximum Gasteiger partial charge on any atom is 0.411 e. The molecule has 6 heteroatoms. The SMILES string of the molecule is CCNC(=NCc1ccc(NC(=O)OC)cc1)N1CC2CCCCC2C1. The molecule has 142 valence electrons. The van der Waals surface area contributed by atoms with Gasteiger partial charge in [0.05, 0.1) is 13.7 Å². The van der Waals surface area contributed by atoms with Gasteiger partial charge in [0.2, 0.25) is 0 Å². The van der Waals surface area contributed by atoms with Crippen LogP contribution in [0.4, 0.5) is 10.5 Å². The summed E-state index contributed by atoms with van der Waals surface area (Å²) in [4.78, 5) is 18.5. The van der Waals surface area contributed by atoms with Crippen molar-refractivity contribution in [2.75, 3.05) is 32.1 Å². The molecule has 6 nitrogen and oxygen atoms in total. The number of rotatable bonds is 4. The molecule has 2 atom stereocenters. The second-order valence-corrected chi connectivity index (χ2v) is 7.19. The van der Waals surface area contributed by atoms with E-state index in [1.807, 2.05) is 24.3 Å². The highest BCUT2D eigenvalue weighted by molar-refractivity contribution is 5.84. The lowest BCUT2D eigenvalue weighted by Gasteiger charge is -2.22. The third kappa shape index (κ3) is 4.68. The second kappa shape index (κ2) is 8.92. The summed E-state index contributed by atoms with van der Waals surface area (Å²) in [5.41, 5.74) is 1.84. The molecule has 2 aliphatic rings. The first-order chi connectivity index (χ1) is 12.7. The molecule has 0 bridgehead atoms. The van der Waals surface area contributed by atoms with E-state index in [9.17, 15) is 4.79 Å². The van der Waals surface area contributed by atoms with Gasteiger partial charge in [0, 0.05) is 25.3 Å². The van der Waals surface area contributed by atoms with Crippen molar-refractivity contribution in [3.05, 3.63) is 29.8 Å². The molecule has 0 aromatic heterocycles. The van der Waals surface area contributed by atoms with E-state index in [0.29, 0.717) is 6.54 Å². The van der Waals surface area contributed by atoms with Crippen molar-refractivity contribution in [3.63, 3.8) is 0 Å². The molecule has 1 aliphatic heterocycles. The van der Waals surface area contributed by atoms with Gasteiger partial charge in [-0.2, -0.15) is 0 Å². The molecule has 3 rings (SSSR count). The minimum Gasteiger partial charge on any atom is -0.453 e. The van der Waals surface area contributed by atoms with Crippen LogP contribution in [-0.4, -0.2) is 43.7 Å². The second-order valence-electron chi connectivity index (χ2n) is 7.19. The summed E-state index contributed by atoms with van der Waals surface area (Å²) in [5, 5.41) is 6.11. The van der Waals surface area contributed by atoms with Crippen molar-refractivity contribution < 1.29 is 9.53 Å². The topological polar surface area (TPSA) is 66.0 Å². The molecule has 1 saturated carbocycles. The van der Waals surface area contributed by atoms with E-state index in [2.05, 4.69) is 27.2 Å². The molecule has 2 unspecified atom stereocenters. The molecule has 1 heterocycles. The number of carbonyl (C=O) groups is 1. The number of nitrogens with one attached hydrogen (secondary N) is 2. The molecular formula is C20H30N4O2. The highest BCUT2D eigenvalue weighted by atomic mass is 16.5. The van der Waals surface area contributed by atoms with Crippen molar-refractivity contribution in [1.82, 2.24) is 10.2 Å². The van der Waals surface area contributed by atoms with Crippen molar-refractivity contribution in [2.45, 2.75) is 39.2 Å². The quantitative estimate of drug-likeness (QED) is 0.639. The van der Waals surface area contributed by atoms with Gasteiger partial charge in [-0.15, -0.1) is 0 Å². The predicted molar refractivity (Wildman–Crippen MR) is 104 cm³/mol. The van der Waals surface area contributed by atoms with Crippen LogP contribution in [0, 0.1) is 11.8 Å². The van der Waals surface area contributed by atoms with E-state index in [-0.39, 0.29) is 0 Å². The first-order valence-electron chi connectivity index (χ1n) is 9.66. The van der Waals surface area contributed by atoms with Gasteiger partial charge in [-0.05, 0) is 49.3 Å². The third-order valence-electron chi connectivity index (χ3n) is 5.41. The number of fused-ring (bicyclic) bond motifs is 1. The molecule has 1 saturated heterocycles. The summed E-state index contributed by atoms with van der Waals surface area (Å²) in [5.74, 6) is 2.71. The van der Waals surface area contributed by atoms with E-state index in [1.54, 1.807) is 0 Å². The number of ether oxygens (including phenoxy) is 1. The van der Waals surface area contributed by atoms with Gasteiger partial charge in [0.15, 0.2) is 5.96 Å². The number of amides is 1. The number of anilines is 1. The van der Waals surface area contributed by atoms with Crippen LogP contribution in [0.25, 0.3) is 0 Å². The zero-order chi connectivity index (χ0) is 18.4. The summed E-state index contributed by atoms with van der Waals surface area (Å²) in [6.45, 7) is 5.90. The van der Waals surface area contributed by atoms with Gasteiger partial charge in [-0.25, -0.2) is 9.79 Å². The number of likely N-dealkylation sites (tertiary alicyclic amines) is 1. The molecule has 2 fully saturated rings. The van der Waals surface area contributed by atoms with Crippen molar-refractivity contribution in [1.29, 1.82) is 0 Å². The Balaban J connectivity index is 1.61. The summed E-state index contributed by atoms with van der Waals surface area (Å²) in [6.07, 6.45) is 5.05. The van der Waals surface area contributed by atoms with Crippen LogP contribution in [0.2, 0.25) is 0 Å².